The van der Waals surface area contributed by atoms with Gasteiger partial charge in [-0.1, -0.05) is 12.2 Å². The topological polar surface area (TPSA) is 72.2 Å². The van der Waals surface area contributed by atoms with E-state index in [4.69, 9.17) is 18.0 Å². The zero-order valence-corrected chi connectivity index (χ0v) is 12.3. The quantitative estimate of drug-likeness (QED) is 0.611. The number of rotatable bonds is 6. The molecule has 0 bridgehead atoms. The van der Waals surface area contributed by atoms with Crippen LogP contribution in [0.5, 0.6) is 0 Å². The van der Waals surface area contributed by atoms with Crippen LogP contribution in [0.25, 0.3) is 0 Å². The number of hydrogen-bond acceptors (Lipinski definition) is 4. The molecule has 0 spiro atoms. The van der Waals surface area contributed by atoms with Gasteiger partial charge < -0.3 is 5.73 Å². The minimum atomic E-state index is -3.41. The Bertz CT molecular complexity index is 469. The van der Waals surface area contributed by atoms with Gasteiger partial charge in [-0.15, -0.1) is 11.3 Å². The molecule has 0 aliphatic heterocycles. The van der Waals surface area contributed by atoms with Crippen molar-refractivity contribution in [3.63, 3.8) is 0 Å². The molecule has 0 aliphatic rings. The fourth-order valence-corrected chi connectivity index (χ4v) is 4.60. The van der Waals surface area contributed by atoms with Gasteiger partial charge in [0, 0.05) is 11.0 Å². The van der Waals surface area contributed by atoms with Crippen molar-refractivity contribution in [1.82, 2.24) is 4.72 Å². The predicted octanol–water partition coefficient (Wildman–Crippen LogP) is 1.86. The van der Waals surface area contributed by atoms with E-state index < -0.39 is 10.0 Å². The van der Waals surface area contributed by atoms with E-state index >= 15 is 0 Å². The highest BCUT2D eigenvalue weighted by molar-refractivity contribution is 9.10. The van der Waals surface area contributed by atoms with Crippen LogP contribution < -0.4 is 10.5 Å². The average Bonchev–Trinajstić information content (AvgIpc) is 2.59. The van der Waals surface area contributed by atoms with Gasteiger partial charge in [-0.2, -0.15) is 0 Å². The highest BCUT2D eigenvalue weighted by Gasteiger charge is 2.18. The smallest absolute Gasteiger partial charge is 0.251 e. The third-order valence-electron chi connectivity index (χ3n) is 1.72. The standard InChI is InChI=1S/C8H11BrN2O2S3/c9-6-3-5-15-8(6)16(12,13)11-4-1-2-7(10)14/h3,5,11H,1-2,4H2,(H2,10,14). The lowest BCUT2D eigenvalue weighted by molar-refractivity contribution is 0.581. The van der Waals surface area contributed by atoms with Crippen LogP contribution >= 0.6 is 39.5 Å². The van der Waals surface area contributed by atoms with Crippen LogP contribution in [0.4, 0.5) is 0 Å². The minimum absolute atomic E-state index is 0.294. The monoisotopic (exact) mass is 342 g/mol. The highest BCUT2D eigenvalue weighted by atomic mass is 79.9. The summed E-state index contributed by atoms with van der Waals surface area (Å²) in [5, 5.41) is 1.72. The van der Waals surface area contributed by atoms with E-state index in [0.29, 0.717) is 33.1 Å². The van der Waals surface area contributed by atoms with E-state index in [2.05, 4.69) is 20.7 Å². The lowest BCUT2D eigenvalue weighted by Gasteiger charge is -2.04. The maximum Gasteiger partial charge on any atom is 0.251 e. The lowest BCUT2D eigenvalue weighted by atomic mass is 10.3. The minimum Gasteiger partial charge on any atom is -0.393 e. The molecule has 0 saturated carbocycles. The summed E-state index contributed by atoms with van der Waals surface area (Å²) >= 11 is 9.06. The van der Waals surface area contributed by atoms with Gasteiger partial charge in [0.25, 0.3) is 10.0 Å². The normalized spacial score (nSPS) is 11.6. The Labute approximate surface area is 112 Å². The van der Waals surface area contributed by atoms with E-state index in [1.807, 2.05) is 0 Å². The van der Waals surface area contributed by atoms with Crippen molar-refractivity contribution >= 4 is 54.5 Å². The summed E-state index contributed by atoms with van der Waals surface area (Å²) in [5.41, 5.74) is 5.31. The number of halogens is 1. The number of sulfonamides is 1. The largest absolute Gasteiger partial charge is 0.393 e. The molecule has 1 aromatic heterocycles. The zero-order valence-electron chi connectivity index (χ0n) is 8.27. The third-order valence-corrected chi connectivity index (χ3v) is 6.06. The molecule has 0 fully saturated rings. The van der Waals surface area contributed by atoms with Crippen LogP contribution in [0, 0.1) is 0 Å². The molecule has 16 heavy (non-hydrogen) atoms. The fourth-order valence-electron chi connectivity index (χ4n) is 1.01. The summed E-state index contributed by atoms with van der Waals surface area (Å²) < 4.78 is 26.9. The Morgan fingerprint density at radius 1 is 1.62 bits per heavy atom. The van der Waals surface area contributed by atoms with Crippen molar-refractivity contribution in [2.75, 3.05) is 6.54 Å². The van der Waals surface area contributed by atoms with E-state index in [1.54, 1.807) is 11.4 Å². The second kappa shape index (κ2) is 6.06. The van der Waals surface area contributed by atoms with E-state index in [-0.39, 0.29) is 0 Å². The molecular formula is C8H11BrN2O2S3. The Hall–Kier alpha value is -0.0200. The highest BCUT2D eigenvalue weighted by Crippen LogP contribution is 2.27. The molecule has 0 atom stereocenters. The molecule has 3 N–H and O–H groups in total. The van der Waals surface area contributed by atoms with Crippen LogP contribution in [0.3, 0.4) is 0 Å². The van der Waals surface area contributed by atoms with Gasteiger partial charge in [0.1, 0.15) is 4.21 Å². The summed E-state index contributed by atoms with van der Waals surface area (Å²) in [6, 6.07) is 1.70. The van der Waals surface area contributed by atoms with Crippen LogP contribution in [0.15, 0.2) is 20.1 Å². The Balaban J connectivity index is 2.54. The number of nitrogens with two attached hydrogens (primary N) is 1. The van der Waals surface area contributed by atoms with Gasteiger partial charge in [-0.05, 0) is 40.2 Å². The van der Waals surface area contributed by atoms with Gasteiger partial charge in [0.05, 0.1) is 4.99 Å². The first kappa shape index (κ1) is 14.0. The first-order valence-electron chi connectivity index (χ1n) is 4.44. The second-order valence-electron chi connectivity index (χ2n) is 3.02. The summed E-state index contributed by atoms with van der Waals surface area (Å²) in [7, 11) is -3.41. The van der Waals surface area contributed by atoms with Crippen molar-refractivity contribution in [3.05, 3.63) is 15.9 Å². The maximum atomic E-state index is 11.8. The molecule has 0 aliphatic carbocycles. The summed E-state index contributed by atoms with van der Waals surface area (Å²) in [6.07, 6.45) is 1.15. The molecule has 0 saturated heterocycles. The SMILES string of the molecule is NC(=S)CCCNS(=O)(=O)c1sccc1Br. The van der Waals surface area contributed by atoms with Crippen molar-refractivity contribution < 1.29 is 8.42 Å². The second-order valence-corrected chi connectivity index (χ2v) is 7.28. The summed E-state index contributed by atoms with van der Waals surface area (Å²) in [4.78, 5) is 0.400. The van der Waals surface area contributed by atoms with E-state index in [0.717, 1.165) is 0 Å². The first-order chi connectivity index (χ1) is 7.43. The van der Waals surface area contributed by atoms with Crippen molar-refractivity contribution in [3.8, 4) is 0 Å². The van der Waals surface area contributed by atoms with Crippen LogP contribution in [-0.2, 0) is 10.0 Å². The zero-order chi connectivity index (χ0) is 12.2. The molecule has 1 rings (SSSR count). The van der Waals surface area contributed by atoms with Gasteiger partial charge >= 0.3 is 0 Å². The number of thiocarbonyl (C=S) groups is 1. The van der Waals surface area contributed by atoms with Gasteiger partial charge in [0.15, 0.2) is 0 Å². The Morgan fingerprint density at radius 3 is 2.81 bits per heavy atom. The lowest BCUT2D eigenvalue weighted by Crippen LogP contribution is -2.25. The molecule has 0 amide bonds. The number of thiophene rings is 1. The van der Waals surface area contributed by atoms with Crippen LogP contribution in [0.2, 0.25) is 0 Å². The van der Waals surface area contributed by atoms with Crippen molar-refractivity contribution in [2.45, 2.75) is 17.1 Å². The van der Waals surface area contributed by atoms with E-state index in [9.17, 15) is 8.42 Å². The third kappa shape index (κ3) is 4.10. The van der Waals surface area contributed by atoms with Crippen molar-refractivity contribution in [1.29, 1.82) is 0 Å². The maximum absolute atomic E-state index is 11.8. The molecule has 0 unspecified atom stereocenters. The molecular weight excluding hydrogens is 332 g/mol. The molecule has 1 heterocycles. The molecule has 1 aromatic rings. The number of nitrogens with one attached hydrogen (secondary N) is 1. The molecule has 4 nitrogen and oxygen atoms in total. The Kier molecular flexibility index (Phi) is 5.32. The Morgan fingerprint density at radius 2 is 2.31 bits per heavy atom. The first-order valence-corrected chi connectivity index (χ1v) is 8.01. The van der Waals surface area contributed by atoms with E-state index in [1.165, 1.54) is 11.3 Å². The molecule has 0 aromatic carbocycles. The van der Waals surface area contributed by atoms with Crippen LogP contribution in [-0.4, -0.2) is 20.0 Å². The van der Waals surface area contributed by atoms with Crippen molar-refractivity contribution in [2.24, 2.45) is 5.73 Å². The van der Waals surface area contributed by atoms with Gasteiger partial charge in [0.2, 0.25) is 0 Å². The summed E-state index contributed by atoms with van der Waals surface area (Å²) in [6.45, 7) is 0.337. The fraction of sp³-hybridized carbons (Fsp3) is 0.375. The van der Waals surface area contributed by atoms with Gasteiger partial charge in [-0.25, -0.2) is 13.1 Å². The number of hydrogen-bond donors (Lipinski definition) is 2. The molecule has 8 heteroatoms. The van der Waals surface area contributed by atoms with Gasteiger partial charge in [-0.3, -0.25) is 0 Å². The molecule has 0 radical (unpaired) electrons. The summed E-state index contributed by atoms with van der Waals surface area (Å²) in [5.74, 6) is 0. The van der Waals surface area contributed by atoms with Crippen LogP contribution in [0.1, 0.15) is 12.8 Å². The molecule has 90 valence electrons. The average molecular weight is 343 g/mol. The predicted molar refractivity (Wildman–Crippen MR) is 73.2 cm³/mol.